The Labute approximate surface area is 237 Å². The number of nitrogens with one attached hydrogen (secondary N) is 1. The number of likely N-dealkylation sites (N-methyl/N-ethyl adjacent to an activating group) is 1. The van der Waals surface area contributed by atoms with E-state index in [2.05, 4.69) is 5.32 Å². The summed E-state index contributed by atoms with van der Waals surface area (Å²) in [6, 6.07) is 10.1. The highest BCUT2D eigenvalue weighted by Crippen LogP contribution is 2.52. The average molecular weight is 563 g/mol. The van der Waals surface area contributed by atoms with Crippen molar-refractivity contribution in [2.24, 2.45) is 29.4 Å². The third-order valence-electron chi connectivity index (χ3n) is 8.85. The van der Waals surface area contributed by atoms with Gasteiger partial charge in [0.2, 0.25) is 5.91 Å². The molecule has 6 atom stereocenters. The topological polar surface area (TPSA) is 170 Å². The summed E-state index contributed by atoms with van der Waals surface area (Å²) in [7, 11) is 6.72. The van der Waals surface area contributed by atoms with Crippen LogP contribution in [0.2, 0.25) is 0 Å². The monoisotopic (exact) mass is 562 g/mol. The second kappa shape index (κ2) is 10.1. The van der Waals surface area contributed by atoms with Gasteiger partial charge in [0, 0.05) is 32.2 Å². The molecule has 3 unspecified atom stereocenters. The fourth-order valence-corrected chi connectivity index (χ4v) is 6.98. The summed E-state index contributed by atoms with van der Waals surface area (Å²) in [5.74, 6) is -10.6. The summed E-state index contributed by atoms with van der Waals surface area (Å²) in [6.45, 7) is 0.365. The predicted molar refractivity (Wildman–Crippen MR) is 149 cm³/mol. The first-order valence-electron chi connectivity index (χ1n) is 13.5. The van der Waals surface area contributed by atoms with E-state index in [1.165, 1.54) is 4.90 Å². The van der Waals surface area contributed by atoms with Crippen LogP contribution in [-0.4, -0.2) is 84.0 Å². The molecule has 0 aliphatic heterocycles. The number of phenols is 1. The van der Waals surface area contributed by atoms with Crippen LogP contribution < -0.4 is 16.0 Å². The Morgan fingerprint density at radius 2 is 1.73 bits per heavy atom. The zero-order valence-electron chi connectivity index (χ0n) is 23.4. The van der Waals surface area contributed by atoms with Gasteiger partial charge in [-0.25, -0.2) is 0 Å². The number of rotatable bonds is 6. The molecule has 3 aliphatic rings. The van der Waals surface area contributed by atoms with E-state index in [1.807, 2.05) is 35.2 Å². The van der Waals surface area contributed by atoms with Crippen LogP contribution in [-0.2, 0) is 32.1 Å². The Hall–Kier alpha value is -4.09. The number of amides is 1. The van der Waals surface area contributed by atoms with Gasteiger partial charge in [0.15, 0.2) is 34.7 Å². The van der Waals surface area contributed by atoms with Crippen molar-refractivity contribution >= 4 is 40.4 Å². The van der Waals surface area contributed by atoms with Crippen LogP contribution in [0.1, 0.15) is 27.9 Å². The predicted octanol–water partition coefficient (Wildman–Crippen LogP) is 0.545. The summed E-state index contributed by atoms with van der Waals surface area (Å²) >= 11 is 0. The molecule has 0 aromatic heterocycles. The molecule has 1 amide bonds. The largest absolute Gasteiger partial charge is 0.505 e. The number of aliphatic hydroxyl groups is 1. The number of ketones is 4. The SMILES string of the molecule is CN(C)c1cc(NCc2ccccc2)c(O)c2c1C[C@H]1C[C@H]3C(N(C)C)C(=O)C(C(N)=O)C(=O)[C@@]3(O)C(=O)C1C2=O. The molecule has 5 N–H and O–H groups in total. The molecule has 11 heteroatoms. The van der Waals surface area contributed by atoms with Gasteiger partial charge in [-0.1, -0.05) is 30.3 Å². The molecule has 0 radical (unpaired) electrons. The van der Waals surface area contributed by atoms with E-state index in [4.69, 9.17) is 5.73 Å². The molecular formula is C30H34N4O7. The first kappa shape index (κ1) is 28.4. The Kier molecular flexibility index (Phi) is 6.99. The van der Waals surface area contributed by atoms with E-state index in [-0.39, 0.29) is 24.2 Å². The summed E-state index contributed by atoms with van der Waals surface area (Å²) in [5, 5.41) is 26.2. The molecule has 2 aromatic carbocycles. The van der Waals surface area contributed by atoms with E-state index < -0.39 is 64.4 Å². The van der Waals surface area contributed by atoms with Gasteiger partial charge in [-0.15, -0.1) is 0 Å². The van der Waals surface area contributed by atoms with E-state index in [1.54, 1.807) is 34.3 Å². The number of hydrogen-bond donors (Lipinski definition) is 4. The van der Waals surface area contributed by atoms with Crippen molar-refractivity contribution in [3.05, 3.63) is 53.1 Å². The van der Waals surface area contributed by atoms with Gasteiger partial charge in [0.1, 0.15) is 5.75 Å². The Morgan fingerprint density at radius 3 is 2.32 bits per heavy atom. The lowest BCUT2D eigenvalue weighted by atomic mass is 9.52. The van der Waals surface area contributed by atoms with Gasteiger partial charge in [-0.3, -0.25) is 28.9 Å². The maximum Gasteiger partial charge on any atom is 0.235 e. The molecule has 0 saturated heterocycles. The first-order valence-corrected chi connectivity index (χ1v) is 13.5. The summed E-state index contributed by atoms with van der Waals surface area (Å²) in [6.07, 6.45) is 0.206. The van der Waals surface area contributed by atoms with Gasteiger partial charge in [-0.05, 0) is 50.0 Å². The Morgan fingerprint density at radius 1 is 1.07 bits per heavy atom. The van der Waals surface area contributed by atoms with Crippen LogP contribution in [0.25, 0.3) is 0 Å². The van der Waals surface area contributed by atoms with E-state index in [9.17, 15) is 34.2 Å². The number of carbonyl (C=O) groups is 5. The minimum absolute atomic E-state index is 0.00549. The minimum Gasteiger partial charge on any atom is -0.505 e. The van der Waals surface area contributed by atoms with Crippen molar-refractivity contribution in [3.63, 3.8) is 0 Å². The molecule has 0 spiro atoms. The number of primary amides is 1. The number of carbonyl (C=O) groups excluding carboxylic acids is 5. The smallest absolute Gasteiger partial charge is 0.235 e. The Balaban J connectivity index is 1.60. The number of Topliss-reactive ketones (excluding diaryl/α,β-unsaturated/α-hetero) is 4. The van der Waals surface area contributed by atoms with Crippen molar-refractivity contribution in [2.45, 2.75) is 31.0 Å². The van der Waals surface area contributed by atoms with Gasteiger partial charge >= 0.3 is 0 Å². The molecule has 2 aromatic rings. The van der Waals surface area contributed by atoms with Gasteiger partial charge < -0.3 is 26.2 Å². The number of fused-ring (bicyclic) bond motifs is 3. The lowest BCUT2D eigenvalue weighted by Gasteiger charge is -2.52. The van der Waals surface area contributed by atoms with Crippen LogP contribution in [0.3, 0.4) is 0 Å². The standard InChI is InChI=1S/C30H34N4O7/c1-33(2)19-12-18(32-13-14-8-6-5-7-9-14)24(35)21-16(19)10-15-11-17-23(34(3)4)26(37)22(29(31)40)28(39)30(17,41)27(38)20(15)25(21)36/h5-9,12,15,17,20,22-23,32,35,41H,10-11,13H2,1-4H3,(H2,31,40)/t15-,17-,20?,22?,23?,30-/m0/s1. The normalized spacial score (nSPS) is 29.1. The first-order chi connectivity index (χ1) is 19.3. The van der Waals surface area contributed by atoms with Crippen LogP contribution in [0.4, 0.5) is 11.4 Å². The van der Waals surface area contributed by atoms with Crippen molar-refractivity contribution in [1.29, 1.82) is 0 Å². The lowest BCUT2D eigenvalue weighted by Crippen LogP contribution is -2.74. The van der Waals surface area contributed by atoms with Gasteiger partial charge in [0.05, 0.1) is 23.2 Å². The third kappa shape index (κ3) is 4.22. The molecule has 216 valence electrons. The highest BCUT2D eigenvalue weighted by atomic mass is 16.3. The minimum atomic E-state index is -2.75. The molecule has 5 rings (SSSR count). The van der Waals surface area contributed by atoms with Gasteiger partial charge in [0.25, 0.3) is 0 Å². The molecule has 2 fully saturated rings. The maximum absolute atomic E-state index is 14.1. The van der Waals surface area contributed by atoms with E-state index in [0.29, 0.717) is 23.5 Å². The van der Waals surface area contributed by atoms with Crippen molar-refractivity contribution in [3.8, 4) is 5.75 Å². The average Bonchev–Trinajstić information content (AvgIpc) is 2.90. The van der Waals surface area contributed by atoms with E-state index in [0.717, 1.165) is 5.56 Å². The highest BCUT2D eigenvalue weighted by molar-refractivity contribution is 6.32. The second-order valence-electron chi connectivity index (χ2n) is 11.7. The van der Waals surface area contributed by atoms with Crippen molar-refractivity contribution < 1.29 is 34.2 Å². The van der Waals surface area contributed by atoms with Crippen molar-refractivity contribution in [2.75, 3.05) is 38.4 Å². The van der Waals surface area contributed by atoms with Crippen molar-refractivity contribution in [1.82, 2.24) is 4.90 Å². The molecule has 3 aliphatic carbocycles. The number of benzene rings is 2. The van der Waals surface area contributed by atoms with Crippen LogP contribution in [0.15, 0.2) is 36.4 Å². The third-order valence-corrected chi connectivity index (χ3v) is 8.85. The highest BCUT2D eigenvalue weighted by Gasteiger charge is 2.69. The van der Waals surface area contributed by atoms with Gasteiger partial charge in [-0.2, -0.15) is 0 Å². The molecule has 2 saturated carbocycles. The fraction of sp³-hybridized carbons (Fsp3) is 0.433. The second-order valence-corrected chi connectivity index (χ2v) is 11.7. The molecule has 0 bridgehead atoms. The fourth-order valence-electron chi connectivity index (χ4n) is 6.98. The lowest BCUT2D eigenvalue weighted by molar-refractivity contribution is -0.181. The number of hydrogen-bond acceptors (Lipinski definition) is 10. The summed E-state index contributed by atoms with van der Waals surface area (Å²) in [4.78, 5) is 70.2. The summed E-state index contributed by atoms with van der Waals surface area (Å²) < 4.78 is 0. The number of anilines is 2. The molecular weight excluding hydrogens is 528 g/mol. The number of nitrogens with zero attached hydrogens (tertiary/aromatic N) is 2. The number of phenolic OH excluding ortho intramolecular Hbond substituents is 1. The van der Waals surface area contributed by atoms with E-state index >= 15 is 0 Å². The maximum atomic E-state index is 14.1. The number of aromatic hydroxyl groups is 1. The zero-order chi connectivity index (χ0) is 30.0. The van der Waals surface area contributed by atoms with Crippen LogP contribution in [0.5, 0.6) is 5.75 Å². The summed E-state index contributed by atoms with van der Waals surface area (Å²) in [5.41, 5.74) is 5.04. The quantitative estimate of drug-likeness (QED) is 0.288. The molecule has 41 heavy (non-hydrogen) atoms. The molecule has 0 heterocycles. The molecule has 11 nitrogen and oxygen atoms in total. The number of nitrogens with two attached hydrogens (primary N) is 1. The van der Waals surface area contributed by atoms with Crippen LogP contribution in [0, 0.1) is 23.7 Å². The Bertz CT molecular complexity index is 1470. The zero-order valence-corrected chi connectivity index (χ0v) is 23.4. The van der Waals surface area contributed by atoms with Crippen LogP contribution >= 0.6 is 0 Å².